The van der Waals surface area contributed by atoms with Gasteiger partial charge >= 0.3 is 0 Å². The van der Waals surface area contributed by atoms with Gasteiger partial charge in [-0.15, -0.1) is 11.8 Å². The SMILES string of the molecule is CCN(CC)S(=O)(=O)c1cc(C(=O)Nc2ccc(SC)cc2)ccc1OC. The molecule has 0 atom stereocenters. The lowest BCUT2D eigenvalue weighted by Gasteiger charge is -2.20. The molecule has 2 aromatic rings. The number of hydrogen-bond acceptors (Lipinski definition) is 5. The summed E-state index contributed by atoms with van der Waals surface area (Å²) >= 11 is 1.61. The van der Waals surface area contributed by atoms with Crippen LogP contribution in [0.15, 0.2) is 52.3 Å². The molecule has 0 aliphatic carbocycles. The fourth-order valence-electron chi connectivity index (χ4n) is 2.60. The number of methoxy groups -OCH3 is 1. The highest BCUT2D eigenvalue weighted by Gasteiger charge is 2.26. The monoisotopic (exact) mass is 408 g/mol. The quantitative estimate of drug-likeness (QED) is 0.674. The Balaban J connectivity index is 2.36. The third kappa shape index (κ3) is 4.82. The minimum Gasteiger partial charge on any atom is -0.495 e. The molecule has 1 N–H and O–H groups in total. The van der Waals surface area contributed by atoms with Gasteiger partial charge in [0.05, 0.1) is 7.11 Å². The first-order valence-corrected chi connectivity index (χ1v) is 11.2. The smallest absolute Gasteiger partial charge is 0.255 e. The van der Waals surface area contributed by atoms with Crippen LogP contribution in [0.2, 0.25) is 0 Å². The molecule has 6 nitrogen and oxygen atoms in total. The number of hydrogen-bond donors (Lipinski definition) is 1. The van der Waals surface area contributed by atoms with Gasteiger partial charge in [-0.2, -0.15) is 4.31 Å². The lowest BCUT2D eigenvalue weighted by molar-refractivity contribution is 0.102. The first-order valence-electron chi connectivity index (χ1n) is 8.50. The van der Waals surface area contributed by atoms with Crippen LogP contribution in [0.1, 0.15) is 24.2 Å². The van der Waals surface area contributed by atoms with Gasteiger partial charge in [-0.25, -0.2) is 8.42 Å². The Morgan fingerprint density at radius 3 is 2.26 bits per heavy atom. The summed E-state index contributed by atoms with van der Waals surface area (Å²) in [6, 6.07) is 11.8. The molecule has 0 unspecified atom stereocenters. The lowest BCUT2D eigenvalue weighted by Crippen LogP contribution is -2.31. The van der Waals surface area contributed by atoms with Crippen molar-refractivity contribution >= 4 is 33.4 Å². The van der Waals surface area contributed by atoms with Crippen molar-refractivity contribution in [3.05, 3.63) is 48.0 Å². The predicted octanol–water partition coefficient (Wildman–Crippen LogP) is 3.70. The van der Waals surface area contributed by atoms with Gasteiger partial charge in [0.1, 0.15) is 10.6 Å². The number of carbonyl (C=O) groups is 1. The summed E-state index contributed by atoms with van der Waals surface area (Å²) in [6.07, 6.45) is 1.98. The Bertz CT molecular complexity index is 892. The van der Waals surface area contributed by atoms with E-state index in [0.717, 1.165) is 4.90 Å². The highest BCUT2D eigenvalue weighted by Crippen LogP contribution is 2.28. The van der Waals surface area contributed by atoms with Crippen molar-refractivity contribution in [1.82, 2.24) is 4.31 Å². The van der Waals surface area contributed by atoms with Crippen LogP contribution in [0.5, 0.6) is 5.75 Å². The molecule has 1 amide bonds. The molecule has 0 saturated carbocycles. The molecule has 8 heteroatoms. The number of benzene rings is 2. The molecule has 0 aromatic heterocycles. The van der Waals surface area contributed by atoms with Crippen molar-refractivity contribution in [2.45, 2.75) is 23.6 Å². The third-order valence-electron chi connectivity index (χ3n) is 4.10. The van der Waals surface area contributed by atoms with E-state index < -0.39 is 10.0 Å². The van der Waals surface area contributed by atoms with Crippen molar-refractivity contribution in [2.24, 2.45) is 0 Å². The minimum atomic E-state index is -3.76. The van der Waals surface area contributed by atoms with E-state index in [2.05, 4.69) is 5.32 Å². The third-order valence-corrected chi connectivity index (χ3v) is 6.91. The van der Waals surface area contributed by atoms with Crippen molar-refractivity contribution in [3.8, 4) is 5.75 Å². The first-order chi connectivity index (χ1) is 12.9. The molecule has 0 bridgehead atoms. The highest BCUT2D eigenvalue weighted by atomic mass is 32.2. The normalized spacial score (nSPS) is 11.4. The van der Waals surface area contributed by atoms with Crippen molar-refractivity contribution in [3.63, 3.8) is 0 Å². The summed E-state index contributed by atoms with van der Waals surface area (Å²) in [5, 5.41) is 2.79. The van der Waals surface area contributed by atoms with Gasteiger partial charge < -0.3 is 10.1 Å². The van der Waals surface area contributed by atoms with Gasteiger partial charge in [-0.3, -0.25) is 4.79 Å². The van der Waals surface area contributed by atoms with Crippen molar-refractivity contribution in [2.75, 3.05) is 31.8 Å². The molecule has 0 aliphatic heterocycles. The number of anilines is 1. The summed E-state index contributed by atoms with van der Waals surface area (Å²) in [7, 11) is -2.35. The van der Waals surface area contributed by atoms with Gasteiger partial charge in [-0.05, 0) is 48.7 Å². The molecule has 0 saturated heterocycles. The fraction of sp³-hybridized carbons (Fsp3) is 0.316. The van der Waals surface area contributed by atoms with E-state index in [4.69, 9.17) is 4.74 Å². The van der Waals surface area contributed by atoms with E-state index in [9.17, 15) is 13.2 Å². The maximum absolute atomic E-state index is 12.9. The minimum absolute atomic E-state index is 0.0147. The summed E-state index contributed by atoms with van der Waals surface area (Å²) in [5.41, 5.74) is 0.886. The van der Waals surface area contributed by atoms with E-state index in [-0.39, 0.29) is 22.1 Å². The Morgan fingerprint density at radius 2 is 1.74 bits per heavy atom. The standard InChI is InChI=1S/C19H24N2O4S2/c1-5-21(6-2)27(23,24)18-13-14(7-12-17(18)25-3)19(22)20-15-8-10-16(26-4)11-9-15/h7-13H,5-6H2,1-4H3,(H,20,22). The van der Waals surface area contributed by atoms with Crippen LogP contribution in [0.3, 0.4) is 0 Å². The van der Waals surface area contributed by atoms with E-state index in [0.29, 0.717) is 18.8 Å². The van der Waals surface area contributed by atoms with Crippen LogP contribution in [-0.2, 0) is 10.0 Å². The van der Waals surface area contributed by atoms with E-state index in [1.54, 1.807) is 43.8 Å². The zero-order valence-corrected chi connectivity index (χ0v) is 17.5. The van der Waals surface area contributed by atoms with Crippen LogP contribution in [0, 0.1) is 0 Å². The maximum atomic E-state index is 12.9. The number of carbonyl (C=O) groups excluding carboxylic acids is 1. The molecule has 2 rings (SSSR count). The zero-order valence-electron chi connectivity index (χ0n) is 15.9. The summed E-state index contributed by atoms with van der Waals surface area (Å²) in [4.78, 5) is 13.7. The van der Waals surface area contributed by atoms with Crippen molar-refractivity contribution < 1.29 is 17.9 Å². The fourth-order valence-corrected chi connectivity index (χ4v) is 4.65. The maximum Gasteiger partial charge on any atom is 0.255 e. The van der Waals surface area contributed by atoms with E-state index >= 15 is 0 Å². The Labute approximate surface area is 165 Å². The zero-order chi connectivity index (χ0) is 20.0. The van der Waals surface area contributed by atoms with Gasteiger partial charge in [-0.1, -0.05) is 13.8 Å². The van der Waals surface area contributed by atoms with Gasteiger partial charge in [0.2, 0.25) is 10.0 Å². The average Bonchev–Trinajstić information content (AvgIpc) is 2.68. The largest absolute Gasteiger partial charge is 0.495 e. The number of amides is 1. The van der Waals surface area contributed by atoms with E-state index in [1.165, 1.54) is 23.5 Å². The van der Waals surface area contributed by atoms with Crippen LogP contribution in [-0.4, -0.2) is 45.1 Å². The number of rotatable bonds is 8. The number of ether oxygens (including phenoxy) is 1. The Morgan fingerprint density at radius 1 is 1.11 bits per heavy atom. The Hall–Kier alpha value is -2.03. The van der Waals surface area contributed by atoms with Gasteiger partial charge in [0.25, 0.3) is 5.91 Å². The molecular formula is C19H24N2O4S2. The second-order valence-electron chi connectivity index (χ2n) is 5.64. The molecule has 0 aliphatic rings. The van der Waals surface area contributed by atoms with E-state index in [1.807, 2.05) is 18.4 Å². The summed E-state index contributed by atoms with van der Waals surface area (Å²) in [5.74, 6) is -0.173. The predicted molar refractivity (Wildman–Crippen MR) is 109 cm³/mol. The number of sulfonamides is 1. The molecule has 27 heavy (non-hydrogen) atoms. The second kappa shape index (κ2) is 9.25. The molecule has 0 heterocycles. The van der Waals surface area contributed by atoms with Crippen LogP contribution >= 0.6 is 11.8 Å². The molecule has 0 radical (unpaired) electrons. The molecular weight excluding hydrogens is 384 g/mol. The van der Waals surface area contributed by atoms with Crippen molar-refractivity contribution in [1.29, 1.82) is 0 Å². The topological polar surface area (TPSA) is 75.7 Å². The second-order valence-corrected chi connectivity index (χ2v) is 8.42. The van der Waals surface area contributed by atoms with Crippen LogP contribution in [0.25, 0.3) is 0 Å². The van der Waals surface area contributed by atoms with Crippen LogP contribution < -0.4 is 10.1 Å². The molecule has 2 aromatic carbocycles. The number of nitrogens with zero attached hydrogens (tertiary/aromatic N) is 1. The molecule has 0 fully saturated rings. The lowest BCUT2D eigenvalue weighted by atomic mass is 10.2. The first kappa shape index (κ1) is 21.3. The summed E-state index contributed by atoms with van der Waals surface area (Å²) < 4.78 is 32.3. The number of thioether (sulfide) groups is 1. The molecule has 0 spiro atoms. The number of nitrogens with one attached hydrogen (secondary N) is 1. The highest BCUT2D eigenvalue weighted by molar-refractivity contribution is 7.98. The molecule has 146 valence electrons. The van der Waals surface area contributed by atoms with Crippen LogP contribution in [0.4, 0.5) is 5.69 Å². The average molecular weight is 409 g/mol. The Kier molecular flexibility index (Phi) is 7.29. The van der Waals surface area contributed by atoms with Gasteiger partial charge in [0.15, 0.2) is 0 Å². The van der Waals surface area contributed by atoms with Gasteiger partial charge in [0, 0.05) is 29.2 Å². The summed E-state index contributed by atoms with van der Waals surface area (Å²) in [6.45, 7) is 4.20.